The van der Waals surface area contributed by atoms with Gasteiger partial charge in [0.1, 0.15) is 0 Å². The molecule has 6 nitrogen and oxygen atoms in total. The Balaban J connectivity index is 0.00000210. The highest BCUT2D eigenvalue weighted by molar-refractivity contribution is 7.89. The topological polar surface area (TPSA) is 87.3 Å². The van der Waals surface area contributed by atoms with Crippen molar-refractivity contribution in [2.45, 2.75) is 56.4 Å². The van der Waals surface area contributed by atoms with E-state index >= 15 is 0 Å². The standard InChI is InChI=1S/C19H27N3O3S.ClH/c1-13-5-6-16(10-17(13)26(24,25)22-15-7-8-15)21-18(23)19-9-3-2-4-14(19)11-20-12-19;/h5-6,10,14-15,20,22H,2-4,7-9,11-12H2,1H3,(H,21,23);1H/t14-,19+;/m0./s1. The third-order valence-corrected chi connectivity index (χ3v) is 7.79. The van der Waals surface area contributed by atoms with Gasteiger partial charge in [0.15, 0.2) is 0 Å². The summed E-state index contributed by atoms with van der Waals surface area (Å²) in [5, 5.41) is 6.39. The van der Waals surface area contributed by atoms with E-state index in [1.54, 1.807) is 25.1 Å². The van der Waals surface area contributed by atoms with E-state index in [2.05, 4.69) is 15.4 Å². The SMILES string of the molecule is Cc1ccc(NC(=O)[C@@]23CCCC[C@H]2CNC3)cc1S(=O)(=O)NC1CC1.Cl. The summed E-state index contributed by atoms with van der Waals surface area (Å²) in [4.78, 5) is 13.3. The zero-order valence-electron chi connectivity index (χ0n) is 15.6. The molecule has 0 bridgehead atoms. The molecular weight excluding hydrogens is 386 g/mol. The van der Waals surface area contributed by atoms with Crippen LogP contribution in [-0.4, -0.2) is 33.5 Å². The molecule has 2 aliphatic carbocycles. The van der Waals surface area contributed by atoms with Crippen molar-refractivity contribution in [2.75, 3.05) is 18.4 Å². The van der Waals surface area contributed by atoms with E-state index in [1.807, 2.05) is 0 Å². The number of sulfonamides is 1. The summed E-state index contributed by atoms with van der Waals surface area (Å²) >= 11 is 0. The highest BCUT2D eigenvalue weighted by atomic mass is 35.5. The van der Waals surface area contributed by atoms with Gasteiger partial charge in [-0.2, -0.15) is 0 Å². The van der Waals surface area contributed by atoms with Gasteiger partial charge in [-0.15, -0.1) is 12.4 Å². The average molecular weight is 414 g/mol. The van der Waals surface area contributed by atoms with Crippen LogP contribution in [0.5, 0.6) is 0 Å². The maximum Gasteiger partial charge on any atom is 0.241 e. The van der Waals surface area contributed by atoms with E-state index in [-0.39, 0.29) is 34.7 Å². The molecule has 4 rings (SSSR count). The number of amides is 1. The molecule has 1 saturated heterocycles. The van der Waals surface area contributed by atoms with Crippen LogP contribution in [0.4, 0.5) is 5.69 Å². The van der Waals surface area contributed by atoms with E-state index < -0.39 is 10.0 Å². The maximum absolute atomic E-state index is 13.1. The first-order valence-corrected chi connectivity index (χ1v) is 11.0. The van der Waals surface area contributed by atoms with Crippen molar-refractivity contribution in [1.29, 1.82) is 0 Å². The molecule has 1 heterocycles. The number of anilines is 1. The van der Waals surface area contributed by atoms with Crippen LogP contribution < -0.4 is 15.4 Å². The lowest BCUT2D eigenvalue weighted by Crippen LogP contribution is -2.44. The monoisotopic (exact) mass is 413 g/mol. The smallest absolute Gasteiger partial charge is 0.241 e. The van der Waals surface area contributed by atoms with Crippen LogP contribution in [0.1, 0.15) is 44.1 Å². The van der Waals surface area contributed by atoms with Crippen LogP contribution in [0.3, 0.4) is 0 Å². The number of carbonyl (C=O) groups excluding carboxylic acids is 1. The molecule has 1 aliphatic heterocycles. The van der Waals surface area contributed by atoms with E-state index in [0.29, 0.717) is 23.7 Å². The second kappa shape index (κ2) is 7.70. The molecule has 27 heavy (non-hydrogen) atoms. The number of aryl methyl sites for hydroxylation is 1. The molecule has 1 amide bonds. The highest BCUT2D eigenvalue weighted by Crippen LogP contribution is 2.44. The summed E-state index contributed by atoms with van der Waals surface area (Å²) < 4.78 is 27.9. The summed E-state index contributed by atoms with van der Waals surface area (Å²) in [6.45, 7) is 3.39. The Kier molecular flexibility index (Phi) is 5.87. The Morgan fingerprint density at radius 3 is 2.74 bits per heavy atom. The summed E-state index contributed by atoms with van der Waals surface area (Å²) in [6.07, 6.45) is 6.03. The van der Waals surface area contributed by atoms with Crippen molar-refractivity contribution in [3.05, 3.63) is 23.8 Å². The first-order chi connectivity index (χ1) is 12.4. The number of hydrogen-bond donors (Lipinski definition) is 3. The fourth-order valence-electron chi connectivity index (χ4n) is 4.40. The zero-order chi connectivity index (χ0) is 18.4. The quantitative estimate of drug-likeness (QED) is 0.692. The Hall–Kier alpha value is -1.15. The predicted molar refractivity (Wildman–Crippen MR) is 108 cm³/mol. The van der Waals surface area contributed by atoms with Gasteiger partial charge in [0.25, 0.3) is 0 Å². The molecular formula is C19H28ClN3O3S. The van der Waals surface area contributed by atoms with Gasteiger partial charge < -0.3 is 10.6 Å². The van der Waals surface area contributed by atoms with E-state index in [0.717, 1.165) is 38.6 Å². The van der Waals surface area contributed by atoms with Crippen LogP contribution in [0.2, 0.25) is 0 Å². The van der Waals surface area contributed by atoms with Gasteiger partial charge in [-0.1, -0.05) is 18.9 Å². The second-order valence-corrected chi connectivity index (χ2v) is 9.74. The van der Waals surface area contributed by atoms with Gasteiger partial charge in [0.2, 0.25) is 15.9 Å². The predicted octanol–water partition coefficient (Wildman–Crippen LogP) is 2.58. The van der Waals surface area contributed by atoms with E-state index in [9.17, 15) is 13.2 Å². The lowest BCUT2D eigenvalue weighted by Gasteiger charge is -2.37. The molecule has 3 N–H and O–H groups in total. The summed E-state index contributed by atoms with van der Waals surface area (Å²) in [6, 6.07) is 5.21. The van der Waals surface area contributed by atoms with Gasteiger partial charge in [0, 0.05) is 18.3 Å². The molecule has 0 aromatic heterocycles. The van der Waals surface area contributed by atoms with E-state index in [1.165, 1.54) is 6.42 Å². The largest absolute Gasteiger partial charge is 0.326 e. The number of halogens is 1. The number of nitrogens with one attached hydrogen (secondary N) is 3. The molecule has 3 aliphatic rings. The van der Waals surface area contributed by atoms with Gasteiger partial charge in [-0.05, 0) is 62.8 Å². The minimum atomic E-state index is -3.54. The van der Waals surface area contributed by atoms with Gasteiger partial charge in [0.05, 0.1) is 10.3 Å². The number of benzene rings is 1. The molecule has 8 heteroatoms. The number of carbonyl (C=O) groups is 1. The van der Waals surface area contributed by atoms with Crippen LogP contribution in [0.25, 0.3) is 0 Å². The Morgan fingerprint density at radius 1 is 1.22 bits per heavy atom. The molecule has 0 spiro atoms. The lowest BCUT2D eigenvalue weighted by molar-refractivity contribution is -0.128. The molecule has 1 aromatic carbocycles. The summed E-state index contributed by atoms with van der Waals surface area (Å²) in [5.41, 5.74) is 0.892. The molecule has 0 radical (unpaired) electrons. The minimum Gasteiger partial charge on any atom is -0.326 e. The average Bonchev–Trinajstić information content (AvgIpc) is 3.29. The Bertz CT molecular complexity index is 825. The summed E-state index contributed by atoms with van der Waals surface area (Å²) in [7, 11) is -3.54. The van der Waals surface area contributed by atoms with Crippen LogP contribution in [0.15, 0.2) is 23.1 Å². The molecule has 3 fully saturated rings. The van der Waals surface area contributed by atoms with E-state index in [4.69, 9.17) is 0 Å². The maximum atomic E-state index is 13.1. The van der Waals surface area contributed by atoms with Crippen LogP contribution in [0, 0.1) is 18.3 Å². The minimum absolute atomic E-state index is 0. The number of rotatable bonds is 5. The normalized spacial score (nSPS) is 27.5. The zero-order valence-corrected chi connectivity index (χ0v) is 17.2. The van der Waals surface area contributed by atoms with Crippen LogP contribution >= 0.6 is 12.4 Å². The van der Waals surface area contributed by atoms with Crippen molar-refractivity contribution >= 4 is 34.0 Å². The second-order valence-electron chi connectivity index (χ2n) is 8.06. The molecule has 2 atom stereocenters. The number of fused-ring (bicyclic) bond motifs is 1. The van der Waals surface area contributed by atoms with Gasteiger partial charge >= 0.3 is 0 Å². The van der Waals surface area contributed by atoms with Crippen molar-refractivity contribution in [3.8, 4) is 0 Å². The Morgan fingerprint density at radius 2 is 2.00 bits per heavy atom. The van der Waals surface area contributed by atoms with Crippen molar-refractivity contribution in [1.82, 2.24) is 10.0 Å². The number of hydrogen-bond acceptors (Lipinski definition) is 4. The molecule has 150 valence electrons. The summed E-state index contributed by atoms with van der Waals surface area (Å²) in [5.74, 6) is 0.399. The first-order valence-electron chi connectivity index (χ1n) is 9.56. The van der Waals surface area contributed by atoms with Crippen LogP contribution in [-0.2, 0) is 14.8 Å². The molecule has 1 aromatic rings. The van der Waals surface area contributed by atoms with Gasteiger partial charge in [-0.25, -0.2) is 13.1 Å². The third-order valence-electron chi connectivity index (χ3n) is 6.13. The molecule has 0 unspecified atom stereocenters. The van der Waals surface area contributed by atoms with Crippen molar-refractivity contribution in [3.63, 3.8) is 0 Å². The van der Waals surface area contributed by atoms with Crippen molar-refractivity contribution in [2.24, 2.45) is 11.3 Å². The fourth-order valence-corrected chi connectivity index (χ4v) is 5.97. The molecule has 2 saturated carbocycles. The third kappa shape index (κ3) is 4.01. The Labute approximate surface area is 167 Å². The van der Waals surface area contributed by atoms with Crippen molar-refractivity contribution < 1.29 is 13.2 Å². The fraction of sp³-hybridized carbons (Fsp3) is 0.632. The van der Waals surface area contributed by atoms with Gasteiger partial charge in [-0.3, -0.25) is 4.79 Å². The first kappa shape index (κ1) is 20.6. The highest BCUT2D eigenvalue weighted by Gasteiger charge is 2.49. The lowest BCUT2D eigenvalue weighted by atomic mass is 9.67.